The summed E-state index contributed by atoms with van der Waals surface area (Å²) < 4.78 is 0. The first-order valence-corrected chi connectivity index (χ1v) is 6.14. The maximum absolute atomic E-state index is 3.59. The largest absolute Gasteiger partial charge is 0.358 e. The zero-order valence-electron chi connectivity index (χ0n) is 9.72. The minimum Gasteiger partial charge on any atom is -0.358 e. The SMILES string of the molecule is Cc1c(C2CCCNC2)[nH]c2ccccc12. The summed E-state index contributed by atoms with van der Waals surface area (Å²) in [5.41, 5.74) is 4.15. The first-order chi connectivity index (χ1) is 7.86. The fourth-order valence-corrected chi connectivity index (χ4v) is 2.81. The second-order valence-electron chi connectivity index (χ2n) is 4.75. The normalized spacial score (nSPS) is 21.4. The number of benzene rings is 1. The van der Waals surface area contributed by atoms with Gasteiger partial charge in [0.05, 0.1) is 0 Å². The number of aryl methyl sites for hydroxylation is 1. The summed E-state index contributed by atoms with van der Waals surface area (Å²) >= 11 is 0. The van der Waals surface area contributed by atoms with E-state index >= 15 is 0 Å². The number of hydrogen-bond acceptors (Lipinski definition) is 1. The van der Waals surface area contributed by atoms with Crippen molar-refractivity contribution >= 4 is 10.9 Å². The topological polar surface area (TPSA) is 27.8 Å². The molecule has 0 radical (unpaired) electrons. The predicted octanol–water partition coefficient (Wildman–Crippen LogP) is 2.94. The van der Waals surface area contributed by atoms with Crippen LogP contribution in [-0.2, 0) is 0 Å². The first-order valence-electron chi connectivity index (χ1n) is 6.14. The third-order valence-electron chi connectivity index (χ3n) is 3.71. The lowest BCUT2D eigenvalue weighted by Crippen LogP contribution is -2.28. The summed E-state index contributed by atoms with van der Waals surface area (Å²) in [6.45, 7) is 4.53. The highest BCUT2D eigenvalue weighted by Crippen LogP contribution is 2.30. The molecule has 0 aliphatic carbocycles. The summed E-state index contributed by atoms with van der Waals surface area (Å²) in [6.07, 6.45) is 2.60. The molecule has 2 heterocycles. The predicted molar refractivity (Wildman–Crippen MR) is 67.9 cm³/mol. The molecule has 1 aliphatic heterocycles. The average molecular weight is 214 g/mol. The lowest BCUT2D eigenvalue weighted by atomic mass is 9.93. The summed E-state index contributed by atoms with van der Waals surface area (Å²) in [5.74, 6) is 0.668. The molecule has 0 bridgehead atoms. The van der Waals surface area contributed by atoms with Crippen LogP contribution in [0.5, 0.6) is 0 Å². The van der Waals surface area contributed by atoms with Gasteiger partial charge in [0.2, 0.25) is 0 Å². The number of nitrogens with one attached hydrogen (secondary N) is 2. The van der Waals surface area contributed by atoms with Crippen LogP contribution in [0.15, 0.2) is 24.3 Å². The number of piperidine rings is 1. The summed E-state index contributed by atoms with van der Waals surface area (Å²) in [4.78, 5) is 3.59. The monoisotopic (exact) mass is 214 g/mol. The van der Waals surface area contributed by atoms with E-state index in [0.29, 0.717) is 5.92 Å². The van der Waals surface area contributed by atoms with E-state index in [4.69, 9.17) is 0 Å². The second-order valence-corrected chi connectivity index (χ2v) is 4.75. The molecule has 16 heavy (non-hydrogen) atoms. The Morgan fingerprint density at radius 1 is 1.25 bits per heavy atom. The number of aromatic amines is 1. The number of rotatable bonds is 1. The molecule has 1 aromatic carbocycles. The number of aromatic nitrogens is 1. The Hall–Kier alpha value is -1.28. The molecule has 1 saturated heterocycles. The molecule has 2 aromatic rings. The van der Waals surface area contributed by atoms with Gasteiger partial charge in [-0.3, -0.25) is 0 Å². The van der Waals surface area contributed by atoms with Crippen molar-refractivity contribution in [3.05, 3.63) is 35.5 Å². The van der Waals surface area contributed by atoms with Crippen molar-refractivity contribution in [1.29, 1.82) is 0 Å². The molecule has 1 fully saturated rings. The Bertz CT molecular complexity index is 492. The number of H-pyrrole nitrogens is 1. The van der Waals surface area contributed by atoms with Gasteiger partial charge in [0.1, 0.15) is 0 Å². The van der Waals surface area contributed by atoms with Gasteiger partial charge in [0.25, 0.3) is 0 Å². The maximum Gasteiger partial charge on any atom is 0.0458 e. The third kappa shape index (κ3) is 1.54. The van der Waals surface area contributed by atoms with Crippen LogP contribution in [-0.4, -0.2) is 18.1 Å². The van der Waals surface area contributed by atoms with E-state index in [0.717, 1.165) is 6.54 Å². The molecule has 84 valence electrons. The average Bonchev–Trinajstić information content (AvgIpc) is 2.69. The number of para-hydroxylation sites is 1. The molecular weight excluding hydrogens is 196 g/mol. The van der Waals surface area contributed by atoms with Crippen molar-refractivity contribution in [1.82, 2.24) is 10.3 Å². The van der Waals surface area contributed by atoms with Gasteiger partial charge >= 0.3 is 0 Å². The molecule has 1 aromatic heterocycles. The Kier molecular flexibility index (Phi) is 2.44. The zero-order chi connectivity index (χ0) is 11.0. The van der Waals surface area contributed by atoms with Gasteiger partial charge in [-0.1, -0.05) is 18.2 Å². The molecular formula is C14H18N2. The zero-order valence-corrected chi connectivity index (χ0v) is 9.72. The molecule has 2 nitrogen and oxygen atoms in total. The van der Waals surface area contributed by atoms with Crippen LogP contribution < -0.4 is 5.32 Å². The Morgan fingerprint density at radius 2 is 2.12 bits per heavy atom. The van der Waals surface area contributed by atoms with Gasteiger partial charge in [-0.25, -0.2) is 0 Å². The van der Waals surface area contributed by atoms with Crippen LogP contribution >= 0.6 is 0 Å². The van der Waals surface area contributed by atoms with Crippen LogP contribution in [0.25, 0.3) is 10.9 Å². The van der Waals surface area contributed by atoms with E-state index in [1.54, 1.807) is 0 Å². The van der Waals surface area contributed by atoms with Crippen molar-refractivity contribution in [2.45, 2.75) is 25.7 Å². The van der Waals surface area contributed by atoms with Gasteiger partial charge in [-0.15, -0.1) is 0 Å². The van der Waals surface area contributed by atoms with E-state index < -0.39 is 0 Å². The molecule has 1 aliphatic rings. The lowest BCUT2D eigenvalue weighted by Gasteiger charge is -2.22. The van der Waals surface area contributed by atoms with Crippen LogP contribution in [0.4, 0.5) is 0 Å². The third-order valence-corrected chi connectivity index (χ3v) is 3.71. The van der Waals surface area contributed by atoms with Crippen molar-refractivity contribution in [2.75, 3.05) is 13.1 Å². The highest BCUT2D eigenvalue weighted by atomic mass is 14.9. The van der Waals surface area contributed by atoms with Gasteiger partial charge in [0.15, 0.2) is 0 Å². The van der Waals surface area contributed by atoms with Crippen LogP contribution in [0.1, 0.15) is 30.0 Å². The van der Waals surface area contributed by atoms with E-state index in [1.807, 2.05) is 0 Å². The summed E-state index contributed by atoms with van der Waals surface area (Å²) in [5, 5.41) is 4.86. The second kappa shape index (κ2) is 3.95. The molecule has 0 amide bonds. The molecule has 0 spiro atoms. The van der Waals surface area contributed by atoms with Crippen molar-refractivity contribution < 1.29 is 0 Å². The molecule has 1 atom stereocenters. The lowest BCUT2D eigenvalue weighted by molar-refractivity contribution is 0.455. The van der Waals surface area contributed by atoms with Crippen LogP contribution in [0.3, 0.4) is 0 Å². The highest BCUT2D eigenvalue weighted by molar-refractivity contribution is 5.84. The maximum atomic E-state index is 3.59. The van der Waals surface area contributed by atoms with Crippen LogP contribution in [0.2, 0.25) is 0 Å². The van der Waals surface area contributed by atoms with Gasteiger partial charge in [-0.05, 0) is 37.9 Å². The minimum absolute atomic E-state index is 0.668. The Labute approximate surface area is 96.1 Å². The van der Waals surface area contributed by atoms with E-state index in [9.17, 15) is 0 Å². The van der Waals surface area contributed by atoms with Crippen molar-refractivity contribution in [2.24, 2.45) is 0 Å². The van der Waals surface area contributed by atoms with Gasteiger partial charge in [-0.2, -0.15) is 0 Å². The summed E-state index contributed by atoms with van der Waals surface area (Å²) in [6, 6.07) is 8.59. The minimum atomic E-state index is 0.668. The quantitative estimate of drug-likeness (QED) is 0.750. The fourth-order valence-electron chi connectivity index (χ4n) is 2.81. The number of fused-ring (bicyclic) bond motifs is 1. The fraction of sp³-hybridized carbons (Fsp3) is 0.429. The summed E-state index contributed by atoms with van der Waals surface area (Å²) in [7, 11) is 0. The van der Waals surface area contributed by atoms with Crippen LogP contribution in [0, 0.1) is 6.92 Å². The highest BCUT2D eigenvalue weighted by Gasteiger charge is 2.19. The Morgan fingerprint density at radius 3 is 2.88 bits per heavy atom. The van der Waals surface area contributed by atoms with Crippen molar-refractivity contribution in [3.63, 3.8) is 0 Å². The first kappa shape index (κ1) is 9.91. The molecule has 3 rings (SSSR count). The van der Waals surface area contributed by atoms with Gasteiger partial charge in [0, 0.05) is 29.1 Å². The van der Waals surface area contributed by atoms with E-state index in [1.165, 1.54) is 41.5 Å². The van der Waals surface area contributed by atoms with Gasteiger partial charge < -0.3 is 10.3 Å². The Balaban J connectivity index is 2.05. The molecule has 1 unspecified atom stereocenters. The van der Waals surface area contributed by atoms with E-state index in [2.05, 4.69) is 41.5 Å². The smallest absolute Gasteiger partial charge is 0.0458 e. The molecule has 2 heteroatoms. The molecule has 0 saturated carbocycles. The number of hydrogen-bond donors (Lipinski definition) is 2. The standard InChI is InChI=1S/C14H18N2/c1-10-12-6-2-3-7-13(12)16-14(10)11-5-4-8-15-9-11/h2-3,6-7,11,15-16H,4-5,8-9H2,1H3. The van der Waals surface area contributed by atoms with E-state index in [-0.39, 0.29) is 0 Å². The van der Waals surface area contributed by atoms with Crippen molar-refractivity contribution in [3.8, 4) is 0 Å². The molecule has 2 N–H and O–H groups in total.